The van der Waals surface area contributed by atoms with Crippen LogP contribution in [0.5, 0.6) is 0 Å². The van der Waals surface area contributed by atoms with E-state index in [1.165, 1.54) is 20.8 Å². The number of sulfone groups is 1. The standard InChI is InChI=1S/C25H27N3O6S2/c1-3-34-24(31)14-28-20-11-10-17(2)13-21(20)35-25(28)26-22(29)15-36(32,33)16-23(30)27-12-6-8-18-7-4-5-9-19(18)27/h4-5,7,9-11,13H,3,6,8,12,14-16H2,1-2H3. The summed E-state index contributed by atoms with van der Waals surface area (Å²) in [7, 11) is -4.06. The highest BCUT2D eigenvalue weighted by Crippen LogP contribution is 2.27. The Balaban J connectivity index is 1.55. The lowest BCUT2D eigenvalue weighted by molar-refractivity contribution is -0.143. The molecule has 2 aromatic carbocycles. The quantitative estimate of drug-likeness (QED) is 0.434. The molecule has 1 aliphatic heterocycles. The first-order chi connectivity index (χ1) is 17.2. The van der Waals surface area contributed by atoms with Crippen LogP contribution in [0.25, 0.3) is 10.2 Å². The van der Waals surface area contributed by atoms with Gasteiger partial charge in [0.25, 0.3) is 5.91 Å². The van der Waals surface area contributed by atoms with Gasteiger partial charge in [0.2, 0.25) is 5.91 Å². The molecule has 1 aromatic heterocycles. The fourth-order valence-electron chi connectivity index (χ4n) is 4.19. The summed E-state index contributed by atoms with van der Waals surface area (Å²) in [6.07, 6.45) is 1.56. The highest BCUT2D eigenvalue weighted by atomic mass is 32.2. The van der Waals surface area contributed by atoms with E-state index in [1.54, 1.807) is 19.1 Å². The van der Waals surface area contributed by atoms with Gasteiger partial charge in [-0.3, -0.25) is 14.4 Å². The van der Waals surface area contributed by atoms with Crippen molar-refractivity contribution in [1.29, 1.82) is 0 Å². The largest absolute Gasteiger partial charge is 0.465 e. The van der Waals surface area contributed by atoms with Crippen LogP contribution >= 0.6 is 11.3 Å². The van der Waals surface area contributed by atoms with E-state index in [-0.39, 0.29) is 18.0 Å². The Bertz CT molecular complexity index is 1500. The number of fused-ring (bicyclic) bond motifs is 2. The number of para-hydroxylation sites is 1. The third-order valence-electron chi connectivity index (χ3n) is 5.75. The van der Waals surface area contributed by atoms with E-state index in [2.05, 4.69) is 4.99 Å². The van der Waals surface area contributed by atoms with Crippen molar-refractivity contribution in [1.82, 2.24) is 4.57 Å². The molecule has 0 atom stereocenters. The Kier molecular flexibility index (Phi) is 7.70. The van der Waals surface area contributed by atoms with Crippen molar-refractivity contribution in [2.45, 2.75) is 33.2 Å². The van der Waals surface area contributed by atoms with Crippen molar-refractivity contribution in [2.24, 2.45) is 4.99 Å². The number of hydrogen-bond donors (Lipinski definition) is 0. The van der Waals surface area contributed by atoms with Gasteiger partial charge in [-0.2, -0.15) is 4.99 Å². The Morgan fingerprint density at radius 3 is 2.67 bits per heavy atom. The number of hydrogen-bond acceptors (Lipinski definition) is 7. The zero-order valence-corrected chi connectivity index (χ0v) is 21.7. The summed E-state index contributed by atoms with van der Waals surface area (Å²) in [6, 6.07) is 13.0. The highest BCUT2D eigenvalue weighted by molar-refractivity contribution is 7.92. The molecule has 0 aliphatic carbocycles. The number of anilines is 1. The summed E-state index contributed by atoms with van der Waals surface area (Å²) in [5.41, 5.74) is 3.38. The van der Waals surface area contributed by atoms with Crippen LogP contribution < -0.4 is 9.70 Å². The zero-order chi connectivity index (χ0) is 25.9. The van der Waals surface area contributed by atoms with Gasteiger partial charge in [-0.05, 0) is 56.0 Å². The third-order valence-corrected chi connectivity index (χ3v) is 8.16. The van der Waals surface area contributed by atoms with Crippen LogP contribution in [0.15, 0.2) is 47.5 Å². The van der Waals surface area contributed by atoms with Crippen molar-refractivity contribution in [3.05, 3.63) is 58.4 Å². The van der Waals surface area contributed by atoms with Crippen molar-refractivity contribution in [3.63, 3.8) is 0 Å². The monoisotopic (exact) mass is 529 g/mol. The molecule has 0 N–H and O–H groups in total. The summed E-state index contributed by atoms with van der Waals surface area (Å²) in [4.78, 5) is 43.4. The second-order valence-electron chi connectivity index (χ2n) is 8.56. The molecular formula is C25H27N3O6S2. The van der Waals surface area contributed by atoms with Crippen LogP contribution in [0.3, 0.4) is 0 Å². The maximum Gasteiger partial charge on any atom is 0.326 e. The van der Waals surface area contributed by atoms with Gasteiger partial charge in [0.15, 0.2) is 14.6 Å². The van der Waals surface area contributed by atoms with E-state index in [4.69, 9.17) is 4.74 Å². The van der Waals surface area contributed by atoms with Gasteiger partial charge in [-0.15, -0.1) is 0 Å². The number of aromatic nitrogens is 1. The van der Waals surface area contributed by atoms with E-state index in [9.17, 15) is 22.8 Å². The van der Waals surface area contributed by atoms with Crippen molar-refractivity contribution in [2.75, 3.05) is 29.6 Å². The number of nitrogens with zero attached hydrogens (tertiary/aromatic N) is 3. The highest BCUT2D eigenvalue weighted by Gasteiger charge is 2.28. The SMILES string of the molecule is CCOC(=O)Cn1c(=NC(=O)CS(=O)(=O)CC(=O)N2CCCc3ccccc32)sc2cc(C)ccc21. The first-order valence-corrected chi connectivity index (χ1v) is 14.2. The van der Waals surface area contributed by atoms with E-state index in [0.717, 1.165) is 28.7 Å². The molecule has 36 heavy (non-hydrogen) atoms. The molecule has 9 nitrogen and oxygen atoms in total. The number of amides is 2. The predicted molar refractivity (Wildman–Crippen MR) is 138 cm³/mol. The third kappa shape index (κ3) is 5.90. The molecule has 0 radical (unpaired) electrons. The summed E-state index contributed by atoms with van der Waals surface area (Å²) >= 11 is 1.18. The molecule has 11 heteroatoms. The van der Waals surface area contributed by atoms with Gasteiger partial charge < -0.3 is 14.2 Å². The lowest BCUT2D eigenvalue weighted by atomic mass is 10.0. The molecule has 0 saturated carbocycles. The lowest BCUT2D eigenvalue weighted by Gasteiger charge is -2.29. The van der Waals surface area contributed by atoms with Crippen LogP contribution in [0.2, 0.25) is 0 Å². The summed E-state index contributed by atoms with van der Waals surface area (Å²) in [5, 5.41) is 0. The molecule has 3 aromatic rings. The molecular weight excluding hydrogens is 502 g/mol. The minimum atomic E-state index is -4.06. The smallest absolute Gasteiger partial charge is 0.326 e. The fourth-order valence-corrected chi connectivity index (χ4v) is 6.41. The fraction of sp³-hybridized carbons (Fsp3) is 0.360. The molecule has 0 bridgehead atoms. The number of carbonyl (C=O) groups is 3. The number of carbonyl (C=O) groups excluding carboxylic acids is 3. The van der Waals surface area contributed by atoms with Gasteiger partial charge in [0.05, 0.1) is 16.8 Å². The molecule has 0 spiro atoms. The van der Waals surface area contributed by atoms with E-state index < -0.39 is 39.1 Å². The molecule has 1 aliphatic rings. The van der Waals surface area contributed by atoms with Crippen molar-refractivity contribution >= 4 is 54.9 Å². The Morgan fingerprint density at radius 1 is 1.11 bits per heavy atom. The molecule has 190 valence electrons. The number of rotatable bonds is 7. The molecule has 0 fully saturated rings. The Hall–Kier alpha value is -3.31. The molecule has 0 saturated heterocycles. The van der Waals surface area contributed by atoms with Crippen LogP contribution in [-0.4, -0.2) is 55.4 Å². The van der Waals surface area contributed by atoms with Crippen LogP contribution in [-0.2, 0) is 41.9 Å². The second-order valence-corrected chi connectivity index (χ2v) is 11.6. The molecule has 4 rings (SSSR count). The van der Waals surface area contributed by atoms with E-state index in [0.29, 0.717) is 17.7 Å². The predicted octanol–water partition coefficient (Wildman–Crippen LogP) is 2.40. The van der Waals surface area contributed by atoms with Gasteiger partial charge in [-0.1, -0.05) is 35.6 Å². The van der Waals surface area contributed by atoms with E-state index >= 15 is 0 Å². The summed E-state index contributed by atoms with van der Waals surface area (Å²) in [6.45, 7) is 4.09. The maximum absolute atomic E-state index is 12.9. The number of thiazole rings is 1. The number of ether oxygens (including phenoxy) is 1. The minimum Gasteiger partial charge on any atom is -0.465 e. The van der Waals surface area contributed by atoms with Gasteiger partial charge in [0.1, 0.15) is 18.1 Å². The summed E-state index contributed by atoms with van der Waals surface area (Å²) in [5.74, 6) is -3.64. The van der Waals surface area contributed by atoms with E-state index in [1.807, 2.05) is 37.3 Å². The maximum atomic E-state index is 12.9. The molecule has 2 amide bonds. The number of benzene rings is 2. The topological polar surface area (TPSA) is 115 Å². The van der Waals surface area contributed by atoms with Gasteiger partial charge >= 0.3 is 5.97 Å². The lowest BCUT2D eigenvalue weighted by Crippen LogP contribution is -2.40. The summed E-state index contributed by atoms with van der Waals surface area (Å²) < 4.78 is 32.9. The van der Waals surface area contributed by atoms with Crippen LogP contribution in [0.4, 0.5) is 5.69 Å². The normalized spacial score (nSPS) is 14.1. The number of esters is 1. The van der Waals surface area contributed by atoms with Crippen LogP contribution in [0.1, 0.15) is 24.5 Å². The van der Waals surface area contributed by atoms with Crippen LogP contribution in [0, 0.1) is 6.92 Å². The second kappa shape index (κ2) is 10.8. The van der Waals surface area contributed by atoms with Crippen molar-refractivity contribution < 1.29 is 27.5 Å². The van der Waals surface area contributed by atoms with Crippen molar-refractivity contribution in [3.8, 4) is 0 Å². The van der Waals surface area contributed by atoms with Gasteiger partial charge in [0, 0.05) is 12.2 Å². The average molecular weight is 530 g/mol. The zero-order valence-electron chi connectivity index (χ0n) is 20.1. The first kappa shape index (κ1) is 25.8. The molecule has 0 unspecified atom stereocenters. The molecule has 2 heterocycles. The Morgan fingerprint density at radius 2 is 1.89 bits per heavy atom. The average Bonchev–Trinajstić information content (AvgIpc) is 3.13. The number of aryl methyl sites for hydroxylation is 2. The Labute approximate surface area is 212 Å². The minimum absolute atomic E-state index is 0.164. The van der Waals surface area contributed by atoms with Gasteiger partial charge in [-0.25, -0.2) is 8.42 Å². The first-order valence-electron chi connectivity index (χ1n) is 11.6.